The number of hydrogen-bond acceptors (Lipinski definition) is 4. The van der Waals surface area contributed by atoms with E-state index in [2.05, 4.69) is 20.7 Å². The number of hydrogen-bond donors (Lipinski definition) is 2. The summed E-state index contributed by atoms with van der Waals surface area (Å²) in [6, 6.07) is 9.34. The molecule has 1 saturated carbocycles. The van der Waals surface area contributed by atoms with Gasteiger partial charge in [0.25, 0.3) is 5.91 Å². The van der Waals surface area contributed by atoms with E-state index in [1.165, 1.54) is 0 Å². The molecule has 0 radical (unpaired) electrons. The number of anilines is 1. The molecule has 2 amide bonds. The van der Waals surface area contributed by atoms with Crippen LogP contribution < -0.4 is 10.6 Å². The highest BCUT2D eigenvalue weighted by Gasteiger charge is 2.29. The van der Waals surface area contributed by atoms with Crippen molar-refractivity contribution in [2.45, 2.75) is 26.3 Å². The Hall–Kier alpha value is -3.22. The van der Waals surface area contributed by atoms with E-state index in [1.54, 1.807) is 10.9 Å². The summed E-state index contributed by atoms with van der Waals surface area (Å²) >= 11 is 0. The number of fused-ring (bicyclic) bond motifs is 1. The first-order chi connectivity index (χ1) is 13.0. The van der Waals surface area contributed by atoms with Crippen molar-refractivity contribution < 1.29 is 9.59 Å². The number of nitrogens with zero attached hydrogens (tertiary/aromatic N) is 3. The van der Waals surface area contributed by atoms with Gasteiger partial charge in [0.1, 0.15) is 0 Å². The zero-order chi connectivity index (χ0) is 19.0. The van der Waals surface area contributed by atoms with Crippen LogP contribution >= 0.6 is 0 Å². The first-order valence-corrected chi connectivity index (χ1v) is 8.98. The second-order valence-electron chi connectivity index (χ2n) is 6.95. The summed E-state index contributed by atoms with van der Waals surface area (Å²) in [6.07, 6.45) is 3.50. The second-order valence-corrected chi connectivity index (χ2v) is 6.95. The van der Waals surface area contributed by atoms with Gasteiger partial charge < -0.3 is 10.6 Å². The lowest BCUT2D eigenvalue weighted by atomic mass is 10.1. The number of rotatable bonds is 5. The van der Waals surface area contributed by atoms with Crippen LogP contribution in [0.15, 0.2) is 36.5 Å². The van der Waals surface area contributed by atoms with Crippen LogP contribution in [0, 0.1) is 12.8 Å². The summed E-state index contributed by atoms with van der Waals surface area (Å²) in [5.41, 5.74) is 3.77. The molecular formula is C20H21N5O2. The molecule has 7 nitrogen and oxygen atoms in total. The molecule has 1 aliphatic carbocycles. The maximum Gasteiger partial charge on any atom is 0.253 e. The van der Waals surface area contributed by atoms with Crippen molar-refractivity contribution in [2.75, 3.05) is 5.32 Å². The van der Waals surface area contributed by atoms with Gasteiger partial charge in [-0.1, -0.05) is 12.1 Å². The largest absolute Gasteiger partial charge is 0.348 e. The van der Waals surface area contributed by atoms with Gasteiger partial charge in [-0.15, -0.1) is 0 Å². The van der Waals surface area contributed by atoms with Gasteiger partial charge in [0, 0.05) is 36.8 Å². The summed E-state index contributed by atoms with van der Waals surface area (Å²) in [7, 11) is 1.83. The van der Waals surface area contributed by atoms with Crippen molar-refractivity contribution in [2.24, 2.45) is 13.0 Å². The number of aryl methyl sites for hydroxylation is 2. The van der Waals surface area contributed by atoms with E-state index in [9.17, 15) is 9.59 Å². The third-order valence-corrected chi connectivity index (χ3v) is 4.72. The van der Waals surface area contributed by atoms with Crippen LogP contribution in [0.1, 0.15) is 34.5 Å². The Morgan fingerprint density at radius 2 is 2.07 bits per heavy atom. The summed E-state index contributed by atoms with van der Waals surface area (Å²) < 4.78 is 1.70. The minimum atomic E-state index is -0.194. The average molecular weight is 363 g/mol. The molecule has 0 atom stereocenters. The Kier molecular flexibility index (Phi) is 4.35. The van der Waals surface area contributed by atoms with Crippen LogP contribution in [0.2, 0.25) is 0 Å². The van der Waals surface area contributed by atoms with Crippen LogP contribution in [0.5, 0.6) is 0 Å². The third-order valence-electron chi connectivity index (χ3n) is 4.72. The maximum absolute atomic E-state index is 12.5. The first kappa shape index (κ1) is 17.2. The Morgan fingerprint density at radius 3 is 2.85 bits per heavy atom. The lowest BCUT2D eigenvalue weighted by Crippen LogP contribution is -2.23. The first-order valence-electron chi connectivity index (χ1n) is 8.98. The number of nitrogens with one attached hydrogen (secondary N) is 2. The van der Waals surface area contributed by atoms with E-state index in [1.807, 2.05) is 44.3 Å². The van der Waals surface area contributed by atoms with Crippen LogP contribution in [0.25, 0.3) is 11.0 Å². The van der Waals surface area contributed by atoms with E-state index in [-0.39, 0.29) is 17.7 Å². The second kappa shape index (κ2) is 6.83. The van der Waals surface area contributed by atoms with Crippen molar-refractivity contribution in [3.63, 3.8) is 0 Å². The van der Waals surface area contributed by atoms with E-state index in [0.29, 0.717) is 12.1 Å². The SMILES string of the molecule is Cc1nn(C)c2ncc(C(=O)NCc3cccc(NC(=O)C4CC4)c3)cc12. The number of carbonyl (C=O) groups is 2. The summed E-state index contributed by atoms with van der Waals surface area (Å²) in [5, 5.41) is 11.0. The number of aromatic nitrogens is 3. The Balaban J connectivity index is 1.43. The molecule has 2 aromatic heterocycles. The topological polar surface area (TPSA) is 88.9 Å². The van der Waals surface area contributed by atoms with E-state index in [0.717, 1.165) is 40.8 Å². The molecule has 138 valence electrons. The normalized spacial score (nSPS) is 13.6. The van der Waals surface area contributed by atoms with E-state index >= 15 is 0 Å². The highest BCUT2D eigenvalue weighted by molar-refractivity contribution is 5.97. The van der Waals surface area contributed by atoms with Crippen LogP contribution in [0.4, 0.5) is 5.69 Å². The zero-order valence-electron chi connectivity index (χ0n) is 15.3. The van der Waals surface area contributed by atoms with Gasteiger partial charge in [-0.25, -0.2) is 4.98 Å². The van der Waals surface area contributed by atoms with Crippen molar-refractivity contribution in [3.8, 4) is 0 Å². The van der Waals surface area contributed by atoms with Gasteiger partial charge in [-0.2, -0.15) is 5.10 Å². The lowest BCUT2D eigenvalue weighted by Gasteiger charge is -2.09. The summed E-state index contributed by atoms with van der Waals surface area (Å²) in [4.78, 5) is 28.7. The number of amides is 2. The Morgan fingerprint density at radius 1 is 1.26 bits per heavy atom. The fraction of sp³-hybridized carbons (Fsp3) is 0.300. The lowest BCUT2D eigenvalue weighted by molar-refractivity contribution is -0.117. The van der Waals surface area contributed by atoms with Gasteiger partial charge in [0.2, 0.25) is 5.91 Å². The Bertz CT molecular complexity index is 1040. The molecule has 27 heavy (non-hydrogen) atoms. The molecule has 0 spiro atoms. The minimum Gasteiger partial charge on any atom is -0.348 e. The molecular weight excluding hydrogens is 342 g/mol. The quantitative estimate of drug-likeness (QED) is 0.729. The van der Waals surface area contributed by atoms with Gasteiger partial charge in [-0.3, -0.25) is 14.3 Å². The predicted molar refractivity (Wildman–Crippen MR) is 102 cm³/mol. The maximum atomic E-state index is 12.5. The van der Waals surface area contributed by atoms with Crippen molar-refractivity contribution in [1.82, 2.24) is 20.1 Å². The van der Waals surface area contributed by atoms with Gasteiger partial charge in [-0.05, 0) is 43.5 Å². The molecule has 7 heteroatoms. The van der Waals surface area contributed by atoms with Crippen LogP contribution in [-0.2, 0) is 18.4 Å². The smallest absolute Gasteiger partial charge is 0.253 e. The molecule has 3 aromatic rings. The molecule has 4 rings (SSSR count). The van der Waals surface area contributed by atoms with Gasteiger partial charge in [0.05, 0.1) is 11.3 Å². The Labute approximate surface area is 156 Å². The molecule has 0 bridgehead atoms. The zero-order valence-corrected chi connectivity index (χ0v) is 15.3. The van der Waals surface area contributed by atoms with E-state index in [4.69, 9.17) is 0 Å². The van der Waals surface area contributed by atoms with Gasteiger partial charge >= 0.3 is 0 Å². The summed E-state index contributed by atoms with van der Waals surface area (Å²) in [6.45, 7) is 2.27. The highest BCUT2D eigenvalue weighted by Crippen LogP contribution is 2.30. The van der Waals surface area contributed by atoms with Crippen molar-refractivity contribution in [1.29, 1.82) is 0 Å². The molecule has 1 aromatic carbocycles. The summed E-state index contributed by atoms with van der Waals surface area (Å²) in [5.74, 6) is 0.0363. The molecule has 2 N–H and O–H groups in total. The predicted octanol–water partition coefficient (Wildman–Crippen LogP) is 2.56. The molecule has 0 saturated heterocycles. The van der Waals surface area contributed by atoms with Crippen LogP contribution in [-0.4, -0.2) is 26.6 Å². The highest BCUT2D eigenvalue weighted by atomic mass is 16.2. The monoisotopic (exact) mass is 363 g/mol. The van der Waals surface area contributed by atoms with E-state index < -0.39 is 0 Å². The molecule has 1 aliphatic rings. The third kappa shape index (κ3) is 3.67. The number of pyridine rings is 1. The molecule has 0 aliphatic heterocycles. The minimum absolute atomic E-state index is 0.0717. The van der Waals surface area contributed by atoms with Crippen molar-refractivity contribution in [3.05, 3.63) is 53.3 Å². The fourth-order valence-electron chi connectivity index (χ4n) is 3.07. The number of carbonyl (C=O) groups excluding carboxylic acids is 2. The fourth-order valence-corrected chi connectivity index (χ4v) is 3.07. The van der Waals surface area contributed by atoms with Gasteiger partial charge in [0.15, 0.2) is 5.65 Å². The molecule has 2 heterocycles. The van der Waals surface area contributed by atoms with Crippen LogP contribution in [0.3, 0.4) is 0 Å². The molecule has 0 unspecified atom stereocenters. The standard InChI is InChI=1S/C20H21N5O2/c1-12-17-9-15(11-21-18(17)25(2)24-12)19(26)22-10-13-4-3-5-16(8-13)23-20(27)14-6-7-14/h3-5,8-9,11,14H,6-7,10H2,1-2H3,(H,22,26)(H,23,27). The molecule has 1 fully saturated rings. The average Bonchev–Trinajstić information content (AvgIpc) is 3.47. The number of benzene rings is 1. The van der Waals surface area contributed by atoms with Crippen molar-refractivity contribution >= 4 is 28.5 Å².